The van der Waals surface area contributed by atoms with Crippen LogP contribution in [-0.2, 0) is 16.6 Å². The molecule has 0 bridgehead atoms. The summed E-state index contributed by atoms with van der Waals surface area (Å²) in [6.45, 7) is 1.95. The minimum absolute atomic E-state index is 0.146. The molecule has 0 spiro atoms. The summed E-state index contributed by atoms with van der Waals surface area (Å²) in [6, 6.07) is 18.3. The van der Waals surface area contributed by atoms with Crippen molar-refractivity contribution in [2.45, 2.75) is 18.4 Å². The average molecular weight is 441 g/mol. The maximum Gasteiger partial charge on any atom is 0.261 e. The van der Waals surface area contributed by atoms with Crippen LogP contribution < -0.4 is 19.5 Å². The van der Waals surface area contributed by atoms with Gasteiger partial charge >= 0.3 is 0 Å². The number of hydrogen-bond donors (Lipinski definition) is 2. The number of anilines is 1. The van der Waals surface area contributed by atoms with E-state index in [4.69, 9.17) is 9.47 Å². The Bertz CT molecular complexity index is 1160. The SMILES string of the molecule is COc1cccc(OC)c1CNC(=O)c1ccc(C)c(NS(=O)(=O)c2ccccc2)c1. The summed E-state index contributed by atoms with van der Waals surface area (Å²) in [4.78, 5) is 12.9. The molecule has 0 saturated heterocycles. The van der Waals surface area contributed by atoms with Crippen molar-refractivity contribution in [2.75, 3.05) is 18.9 Å². The molecule has 0 aliphatic carbocycles. The highest BCUT2D eigenvalue weighted by atomic mass is 32.2. The number of methoxy groups -OCH3 is 2. The second-order valence-corrected chi connectivity index (χ2v) is 8.45. The van der Waals surface area contributed by atoms with Crippen LogP contribution in [0.15, 0.2) is 71.6 Å². The van der Waals surface area contributed by atoms with Crippen LogP contribution in [0.1, 0.15) is 21.5 Å². The zero-order valence-corrected chi connectivity index (χ0v) is 18.3. The van der Waals surface area contributed by atoms with Gasteiger partial charge in [0, 0.05) is 5.56 Å². The van der Waals surface area contributed by atoms with Gasteiger partial charge in [-0.25, -0.2) is 8.42 Å². The van der Waals surface area contributed by atoms with Gasteiger partial charge in [-0.1, -0.05) is 30.3 Å². The first kappa shape index (κ1) is 22.2. The molecule has 3 aromatic carbocycles. The summed E-state index contributed by atoms with van der Waals surface area (Å²) < 4.78 is 38.6. The summed E-state index contributed by atoms with van der Waals surface area (Å²) in [6.07, 6.45) is 0. The predicted molar refractivity (Wildman–Crippen MR) is 119 cm³/mol. The van der Waals surface area contributed by atoms with Gasteiger partial charge in [0.05, 0.1) is 36.9 Å². The van der Waals surface area contributed by atoms with Crippen molar-refractivity contribution in [3.05, 3.63) is 83.4 Å². The Kier molecular flexibility index (Phi) is 6.81. The molecular formula is C23H24N2O5S. The van der Waals surface area contributed by atoms with E-state index in [9.17, 15) is 13.2 Å². The van der Waals surface area contributed by atoms with Crippen molar-refractivity contribution in [1.29, 1.82) is 0 Å². The lowest BCUT2D eigenvalue weighted by atomic mass is 10.1. The molecule has 0 aliphatic heterocycles. The lowest BCUT2D eigenvalue weighted by Gasteiger charge is -2.15. The summed E-state index contributed by atoms with van der Waals surface area (Å²) in [5.41, 5.74) is 2.07. The quantitative estimate of drug-likeness (QED) is 0.557. The maximum atomic E-state index is 12.7. The standard InChI is InChI=1S/C23H24N2O5S/c1-16-12-13-17(14-20(16)25-31(27,28)18-8-5-4-6-9-18)23(26)24-15-19-21(29-2)10-7-11-22(19)30-3/h4-14,25H,15H2,1-3H3,(H,24,26). The number of aryl methyl sites for hydroxylation is 1. The zero-order valence-electron chi connectivity index (χ0n) is 17.5. The molecule has 0 atom stereocenters. The fourth-order valence-electron chi connectivity index (χ4n) is 3.05. The molecule has 0 heterocycles. The Morgan fingerprint density at radius 2 is 1.55 bits per heavy atom. The monoisotopic (exact) mass is 440 g/mol. The van der Waals surface area contributed by atoms with Crippen LogP contribution in [0.4, 0.5) is 5.69 Å². The number of carbonyl (C=O) groups is 1. The molecule has 162 valence electrons. The van der Waals surface area contributed by atoms with Crippen molar-refractivity contribution in [2.24, 2.45) is 0 Å². The Morgan fingerprint density at radius 3 is 2.16 bits per heavy atom. The molecule has 31 heavy (non-hydrogen) atoms. The fourth-order valence-corrected chi connectivity index (χ4v) is 4.19. The maximum absolute atomic E-state index is 12.7. The fraction of sp³-hybridized carbons (Fsp3) is 0.174. The van der Waals surface area contributed by atoms with E-state index >= 15 is 0 Å². The molecule has 8 heteroatoms. The molecule has 0 aliphatic rings. The number of hydrogen-bond acceptors (Lipinski definition) is 5. The third kappa shape index (κ3) is 5.16. The van der Waals surface area contributed by atoms with E-state index in [2.05, 4.69) is 10.0 Å². The minimum atomic E-state index is -3.77. The van der Waals surface area contributed by atoms with Crippen LogP contribution in [0.5, 0.6) is 11.5 Å². The van der Waals surface area contributed by atoms with E-state index < -0.39 is 10.0 Å². The van der Waals surface area contributed by atoms with Gasteiger partial charge in [-0.05, 0) is 48.9 Å². The highest BCUT2D eigenvalue weighted by Crippen LogP contribution is 2.28. The summed E-state index contributed by atoms with van der Waals surface area (Å²) >= 11 is 0. The molecule has 1 amide bonds. The van der Waals surface area contributed by atoms with E-state index in [1.165, 1.54) is 18.2 Å². The zero-order chi connectivity index (χ0) is 22.4. The lowest BCUT2D eigenvalue weighted by molar-refractivity contribution is 0.0950. The highest BCUT2D eigenvalue weighted by molar-refractivity contribution is 7.92. The Morgan fingerprint density at radius 1 is 0.903 bits per heavy atom. The largest absolute Gasteiger partial charge is 0.496 e. The molecule has 3 rings (SSSR count). The van der Waals surface area contributed by atoms with Gasteiger partial charge in [-0.2, -0.15) is 0 Å². The molecule has 0 fully saturated rings. The molecule has 0 radical (unpaired) electrons. The van der Waals surface area contributed by atoms with Gasteiger partial charge in [0.2, 0.25) is 0 Å². The van der Waals surface area contributed by atoms with Gasteiger partial charge in [-0.3, -0.25) is 9.52 Å². The van der Waals surface area contributed by atoms with Crippen molar-refractivity contribution in [3.63, 3.8) is 0 Å². The lowest BCUT2D eigenvalue weighted by Crippen LogP contribution is -2.24. The molecule has 0 saturated carbocycles. The van der Waals surface area contributed by atoms with Gasteiger partial charge < -0.3 is 14.8 Å². The van der Waals surface area contributed by atoms with Crippen LogP contribution in [0.25, 0.3) is 0 Å². The third-order valence-corrected chi connectivity index (χ3v) is 6.13. The van der Waals surface area contributed by atoms with Crippen molar-refractivity contribution >= 4 is 21.6 Å². The number of amides is 1. The molecule has 0 unspecified atom stereocenters. The van der Waals surface area contributed by atoms with Crippen molar-refractivity contribution in [1.82, 2.24) is 5.32 Å². The van der Waals surface area contributed by atoms with Crippen LogP contribution in [0.3, 0.4) is 0 Å². The summed E-state index contributed by atoms with van der Waals surface area (Å²) in [5, 5.41) is 2.83. The molecular weight excluding hydrogens is 416 g/mol. The van der Waals surface area contributed by atoms with Gasteiger partial charge in [-0.15, -0.1) is 0 Å². The first-order valence-electron chi connectivity index (χ1n) is 9.52. The topological polar surface area (TPSA) is 93.7 Å². The predicted octanol–water partition coefficient (Wildman–Crippen LogP) is 3.74. The molecule has 2 N–H and O–H groups in total. The van der Waals surface area contributed by atoms with E-state index in [-0.39, 0.29) is 17.3 Å². The van der Waals surface area contributed by atoms with Gasteiger partial charge in [0.1, 0.15) is 11.5 Å². The Balaban J connectivity index is 1.80. The van der Waals surface area contributed by atoms with E-state index in [1.54, 1.807) is 69.7 Å². The Hall–Kier alpha value is -3.52. The van der Waals surface area contributed by atoms with Crippen LogP contribution in [-0.4, -0.2) is 28.5 Å². The van der Waals surface area contributed by atoms with E-state index in [1.807, 2.05) is 0 Å². The number of ether oxygens (including phenoxy) is 2. The Labute approximate surface area is 182 Å². The number of nitrogens with one attached hydrogen (secondary N) is 2. The van der Waals surface area contributed by atoms with Gasteiger partial charge in [0.25, 0.3) is 15.9 Å². The third-order valence-electron chi connectivity index (χ3n) is 4.75. The first-order valence-corrected chi connectivity index (χ1v) is 11.0. The number of sulfonamides is 1. The van der Waals surface area contributed by atoms with Crippen LogP contribution >= 0.6 is 0 Å². The van der Waals surface area contributed by atoms with Crippen molar-refractivity contribution in [3.8, 4) is 11.5 Å². The molecule has 7 nitrogen and oxygen atoms in total. The van der Waals surface area contributed by atoms with Crippen LogP contribution in [0.2, 0.25) is 0 Å². The normalized spacial score (nSPS) is 10.9. The minimum Gasteiger partial charge on any atom is -0.496 e. The number of carbonyl (C=O) groups excluding carboxylic acids is 1. The van der Waals surface area contributed by atoms with Gasteiger partial charge in [0.15, 0.2) is 0 Å². The number of benzene rings is 3. The highest BCUT2D eigenvalue weighted by Gasteiger charge is 2.17. The van der Waals surface area contributed by atoms with E-state index in [0.29, 0.717) is 33.9 Å². The second-order valence-electron chi connectivity index (χ2n) is 6.77. The second kappa shape index (κ2) is 9.53. The summed E-state index contributed by atoms with van der Waals surface area (Å²) in [7, 11) is -0.673. The van der Waals surface area contributed by atoms with Crippen LogP contribution in [0, 0.1) is 6.92 Å². The molecule has 3 aromatic rings. The smallest absolute Gasteiger partial charge is 0.261 e. The van der Waals surface area contributed by atoms with E-state index in [0.717, 1.165) is 0 Å². The average Bonchev–Trinajstić information content (AvgIpc) is 2.79. The first-order chi connectivity index (χ1) is 14.9. The summed E-state index contributed by atoms with van der Waals surface area (Å²) in [5.74, 6) is 0.841. The van der Waals surface area contributed by atoms with Crippen molar-refractivity contribution < 1.29 is 22.7 Å². The number of rotatable bonds is 8. The molecule has 0 aromatic heterocycles.